The van der Waals surface area contributed by atoms with Crippen molar-refractivity contribution in [2.45, 2.75) is 12.5 Å². The van der Waals surface area contributed by atoms with Gasteiger partial charge >= 0.3 is 0 Å². The van der Waals surface area contributed by atoms with Crippen LogP contribution in [0.25, 0.3) is 10.6 Å². The van der Waals surface area contributed by atoms with Crippen LogP contribution in [0.15, 0.2) is 34.4 Å². The number of nitrogens with one attached hydrogen (secondary N) is 2. The van der Waals surface area contributed by atoms with Gasteiger partial charge in [-0.25, -0.2) is 0 Å². The van der Waals surface area contributed by atoms with Gasteiger partial charge in [0.25, 0.3) is 11.5 Å². The van der Waals surface area contributed by atoms with Crippen LogP contribution in [0.5, 0.6) is 0 Å². The number of carbonyl (C=O) groups excluding carboxylic acids is 2. The molecular formula is C17H17N3O4S. The van der Waals surface area contributed by atoms with Gasteiger partial charge in [-0.3, -0.25) is 14.4 Å². The summed E-state index contributed by atoms with van der Waals surface area (Å²) in [5, 5.41) is 14.7. The van der Waals surface area contributed by atoms with Crippen molar-refractivity contribution >= 4 is 23.2 Å². The van der Waals surface area contributed by atoms with E-state index in [9.17, 15) is 19.5 Å². The number of β-amino-alcohol motifs (C(OH)–C–C–N with tert-alkyl or cyclic N) is 1. The number of amides is 2. The monoisotopic (exact) mass is 359 g/mol. The molecule has 7 nitrogen and oxygen atoms in total. The Labute approximate surface area is 147 Å². The molecule has 0 radical (unpaired) electrons. The number of aliphatic hydroxyl groups is 1. The van der Waals surface area contributed by atoms with Crippen molar-refractivity contribution in [1.29, 1.82) is 0 Å². The second-order valence-corrected chi connectivity index (χ2v) is 7.56. The van der Waals surface area contributed by atoms with E-state index in [2.05, 4.69) is 10.3 Å². The van der Waals surface area contributed by atoms with Crippen LogP contribution in [-0.4, -0.2) is 52.5 Å². The summed E-state index contributed by atoms with van der Waals surface area (Å²) in [6.07, 6.45) is -0.472. The minimum atomic E-state index is -0.672. The number of carbonyl (C=O) groups is 2. The van der Waals surface area contributed by atoms with Gasteiger partial charge in [0, 0.05) is 31.5 Å². The summed E-state index contributed by atoms with van der Waals surface area (Å²) in [6, 6.07) is 7.04. The molecule has 1 spiro atoms. The lowest BCUT2D eigenvalue weighted by molar-refractivity contribution is -0.143. The number of aromatic amines is 1. The molecular weight excluding hydrogens is 342 g/mol. The fourth-order valence-corrected chi connectivity index (χ4v) is 4.20. The van der Waals surface area contributed by atoms with E-state index in [0.29, 0.717) is 5.69 Å². The number of hydrogen-bond donors (Lipinski definition) is 3. The Morgan fingerprint density at radius 3 is 2.76 bits per heavy atom. The Morgan fingerprint density at radius 2 is 2.08 bits per heavy atom. The highest BCUT2D eigenvalue weighted by molar-refractivity contribution is 7.13. The van der Waals surface area contributed by atoms with Crippen LogP contribution < -0.4 is 10.9 Å². The van der Waals surface area contributed by atoms with Gasteiger partial charge < -0.3 is 20.3 Å². The summed E-state index contributed by atoms with van der Waals surface area (Å²) in [4.78, 5) is 41.6. The van der Waals surface area contributed by atoms with Crippen LogP contribution in [0.4, 0.5) is 0 Å². The SMILES string of the molecule is O=C1CC2(CN(C(=O)c3ccc(-c4cccs4)[nH]c3=O)C2)C(O)CN1. The maximum Gasteiger partial charge on any atom is 0.261 e. The fraction of sp³-hybridized carbons (Fsp3) is 0.353. The molecule has 130 valence electrons. The molecule has 4 heterocycles. The number of rotatable bonds is 2. The highest BCUT2D eigenvalue weighted by Gasteiger charge is 2.53. The number of likely N-dealkylation sites (tertiary alicyclic amines) is 1. The van der Waals surface area contributed by atoms with Crippen LogP contribution >= 0.6 is 11.3 Å². The standard InChI is InChI=1S/C17H17N3O4S/c21-13-7-18-14(22)6-17(13)8-20(9-17)16(24)10-3-4-11(19-15(10)23)12-2-1-5-25-12/h1-5,13,21H,6-9H2,(H,18,22)(H,19,23). The maximum absolute atomic E-state index is 12.6. The van der Waals surface area contributed by atoms with Crippen LogP contribution in [0.1, 0.15) is 16.8 Å². The lowest BCUT2D eigenvalue weighted by Crippen LogP contribution is -2.68. The van der Waals surface area contributed by atoms with Crippen molar-refractivity contribution in [2.24, 2.45) is 5.41 Å². The smallest absolute Gasteiger partial charge is 0.261 e. The van der Waals surface area contributed by atoms with Crippen LogP contribution in [-0.2, 0) is 4.79 Å². The largest absolute Gasteiger partial charge is 0.391 e. The number of thiophene rings is 1. The van der Waals surface area contributed by atoms with E-state index in [-0.39, 0.29) is 43.4 Å². The highest BCUT2D eigenvalue weighted by atomic mass is 32.1. The molecule has 2 aromatic heterocycles. The first-order chi connectivity index (χ1) is 12.0. The molecule has 0 aromatic carbocycles. The molecule has 2 aliphatic heterocycles. The Morgan fingerprint density at radius 1 is 1.28 bits per heavy atom. The molecule has 3 N–H and O–H groups in total. The van der Waals surface area contributed by atoms with Crippen LogP contribution in [0.3, 0.4) is 0 Å². The predicted octanol–water partition coefficient (Wildman–Crippen LogP) is 0.426. The lowest BCUT2D eigenvalue weighted by atomic mass is 9.70. The zero-order chi connectivity index (χ0) is 17.6. The molecule has 0 saturated carbocycles. The van der Waals surface area contributed by atoms with Crippen molar-refractivity contribution < 1.29 is 14.7 Å². The number of piperidine rings is 1. The van der Waals surface area contributed by atoms with Gasteiger partial charge in [0.2, 0.25) is 5.91 Å². The third-order valence-electron chi connectivity index (χ3n) is 4.94. The Bertz CT molecular complexity index is 884. The van der Waals surface area contributed by atoms with Crippen molar-refractivity contribution in [3.8, 4) is 10.6 Å². The van der Waals surface area contributed by atoms with Gasteiger partial charge in [-0.2, -0.15) is 0 Å². The van der Waals surface area contributed by atoms with E-state index >= 15 is 0 Å². The van der Waals surface area contributed by atoms with E-state index in [1.165, 1.54) is 22.3 Å². The normalized spacial score (nSPS) is 21.7. The second kappa shape index (κ2) is 5.82. The first kappa shape index (κ1) is 16.0. The summed E-state index contributed by atoms with van der Waals surface area (Å²) in [6.45, 7) is 0.774. The summed E-state index contributed by atoms with van der Waals surface area (Å²) < 4.78 is 0. The first-order valence-electron chi connectivity index (χ1n) is 8.00. The zero-order valence-corrected chi connectivity index (χ0v) is 14.1. The van der Waals surface area contributed by atoms with Gasteiger partial charge in [-0.1, -0.05) is 6.07 Å². The van der Waals surface area contributed by atoms with Crippen LogP contribution in [0, 0.1) is 5.41 Å². The lowest BCUT2D eigenvalue weighted by Gasteiger charge is -2.54. The van der Waals surface area contributed by atoms with E-state index in [1.54, 1.807) is 6.07 Å². The molecule has 2 aliphatic rings. The molecule has 2 aromatic rings. The number of hydrogen-bond acceptors (Lipinski definition) is 5. The minimum Gasteiger partial charge on any atom is -0.391 e. The quantitative estimate of drug-likeness (QED) is 0.723. The number of pyridine rings is 1. The van der Waals surface area contributed by atoms with Gasteiger partial charge in [-0.05, 0) is 23.6 Å². The number of aliphatic hydroxyl groups excluding tert-OH is 1. The van der Waals surface area contributed by atoms with Gasteiger partial charge in [0.05, 0.1) is 16.7 Å². The molecule has 4 rings (SSSR count). The van der Waals surface area contributed by atoms with Gasteiger partial charge in [0.15, 0.2) is 0 Å². The minimum absolute atomic E-state index is 0.0740. The average molecular weight is 359 g/mol. The Balaban J connectivity index is 1.51. The molecule has 2 amide bonds. The van der Waals surface area contributed by atoms with E-state index in [0.717, 1.165) is 4.88 Å². The van der Waals surface area contributed by atoms with Crippen molar-refractivity contribution in [1.82, 2.24) is 15.2 Å². The number of nitrogens with zero attached hydrogens (tertiary/aromatic N) is 1. The topological polar surface area (TPSA) is 103 Å². The molecule has 2 fully saturated rings. The summed E-state index contributed by atoms with van der Waals surface area (Å²) >= 11 is 1.50. The van der Waals surface area contributed by atoms with Gasteiger partial charge in [-0.15, -0.1) is 11.3 Å². The first-order valence-corrected chi connectivity index (χ1v) is 8.88. The predicted molar refractivity (Wildman–Crippen MR) is 92.3 cm³/mol. The molecule has 0 bridgehead atoms. The maximum atomic E-state index is 12.6. The van der Waals surface area contributed by atoms with E-state index in [4.69, 9.17) is 0 Å². The molecule has 1 unspecified atom stereocenters. The fourth-order valence-electron chi connectivity index (χ4n) is 3.50. The zero-order valence-electron chi connectivity index (χ0n) is 13.3. The number of H-pyrrole nitrogens is 1. The van der Waals surface area contributed by atoms with E-state index in [1.807, 2.05) is 17.5 Å². The average Bonchev–Trinajstić information content (AvgIpc) is 3.09. The highest BCUT2D eigenvalue weighted by Crippen LogP contribution is 2.39. The van der Waals surface area contributed by atoms with Gasteiger partial charge in [0.1, 0.15) is 5.56 Å². The summed E-state index contributed by atoms with van der Waals surface area (Å²) in [5.74, 6) is -0.488. The molecule has 8 heteroatoms. The third-order valence-corrected chi connectivity index (χ3v) is 5.84. The second-order valence-electron chi connectivity index (χ2n) is 6.61. The van der Waals surface area contributed by atoms with E-state index < -0.39 is 17.1 Å². The summed E-state index contributed by atoms with van der Waals surface area (Å²) in [5.41, 5.74) is -0.263. The van der Waals surface area contributed by atoms with Crippen molar-refractivity contribution in [3.63, 3.8) is 0 Å². The Hall–Kier alpha value is -2.45. The molecule has 2 saturated heterocycles. The molecule has 25 heavy (non-hydrogen) atoms. The van der Waals surface area contributed by atoms with Crippen LogP contribution in [0.2, 0.25) is 0 Å². The molecule has 1 atom stereocenters. The third kappa shape index (κ3) is 2.67. The van der Waals surface area contributed by atoms with Crippen molar-refractivity contribution in [2.75, 3.05) is 19.6 Å². The summed E-state index contributed by atoms with van der Waals surface area (Å²) in [7, 11) is 0. The number of aromatic nitrogens is 1. The van der Waals surface area contributed by atoms with Crippen molar-refractivity contribution in [3.05, 3.63) is 45.6 Å². The molecule has 0 aliphatic carbocycles. The Kier molecular flexibility index (Phi) is 3.73.